The molecule has 0 bridgehead atoms. The second-order valence-corrected chi connectivity index (χ2v) is 4.44. The highest BCUT2D eigenvalue weighted by Gasteiger charge is 2.34. The van der Waals surface area contributed by atoms with E-state index in [1.54, 1.807) is 0 Å². The van der Waals surface area contributed by atoms with Gasteiger partial charge in [-0.05, 0) is 19.3 Å². The summed E-state index contributed by atoms with van der Waals surface area (Å²) >= 11 is 0. The van der Waals surface area contributed by atoms with Gasteiger partial charge in [0.25, 0.3) is 0 Å². The zero-order chi connectivity index (χ0) is 13.7. The maximum atomic E-state index is 5.73. The van der Waals surface area contributed by atoms with Gasteiger partial charge in [0.1, 0.15) is 0 Å². The van der Waals surface area contributed by atoms with Crippen LogP contribution in [0, 0.1) is 0 Å². The van der Waals surface area contributed by atoms with Gasteiger partial charge in [-0.15, -0.1) is 0 Å². The topological polar surface area (TPSA) is 36.9 Å². The average Bonchev–Trinajstić information content (AvgIpc) is 2.39. The van der Waals surface area contributed by atoms with Crippen molar-refractivity contribution in [2.75, 3.05) is 20.3 Å². The first-order valence-electron chi connectivity index (χ1n) is 7.24. The second kappa shape index (κ2) is 11.9. The van der Waals surface area contributed by atoms with Crippen LogP contribution in [0.25, 0.3) is 0 Å². The first-order chi connectivity index (χ1) is 8.74. The quantitative estimate of drug-likeness (QED) is 0.217. The Morgan fingerprint density at radius 2 is 1.39 bits per heavy atom. The van der Waals surface area contributed by atoms with E-state index in [9.17, 15) is 0 Å². The predicted molar refractivity (Wildman–Crippen MR) is 72.1 cm³/mol. The molecule has 0 radical (unpaired) electrons. The van der Waals surface area contributed by atoms with Crippen molar-refractivity contribution in [3.05, 3.63) is 0 Å². The van der Waals surface area contributed by atoms with E-state index in [1.807, 2.05) is 0 Å². The zero-order valence-corrected chi connectivity index (χ0v) is 12.5. The van der Waals surface area contributed by atoms with Crippen molar-refractivity contribution in [3.8, 4) is 0 Å². The summed E-state index contributed by atoms with van der Waals surface area (Å²) in [6.45, 7) is 7.55. The van der Waals surface area contributed by atoms with Crippen LogP contribution in [-0.4, -0.2) is 26.3 Å². The van der Waals surface area contributed by atoms with Crippen LogP contribution < -0.4 is 0 Å². The van der Waals surface area contributed by atoms with Crippen molar-refractivity contribution in [2.24, 2.45) is 0 Å². The summed E-state index contributed by atoms with van der Waals surface area (Å²) in [6, 6.07) is 0. The number of hydrogen-bond acceptors (Lipinski definition) is 4. The summed E-state index contributed by atoms with van der Waals surface area (Å²) in [5.74, 6) is -1.02. The standard InChI is InChI=1S/C14H30O4/c1-5-8-9-10-11-14(18-15-4,16-12-6-2)17-13-7-3/h5-13H2,1-4H3. The molecule has 0 aromatic carbocycles. The molecule has 0 aliphatic carbocycles. The van der Waals surface area contributed by atoms with Crippen LogP contribution >= 0.6 is 0 Å². The van der Waals surface area contributed by atoms with E-state index in [2.05, 4.69) is 20.8 Å². The summed E-state index contributed by atoms with van der Waals surface area (Å²) in [7, 11) is 1.49. The molecule has 0 N–H and O–H groups in total. The Kier molecular flexibility index (Phi) is 11.8. The van der Waals surface area contributed by atoms with Crippen molar-refractivity contribution < 1.29 is 19.2 Å². The summed E-state index contributed by atoms with van der Waals surface area (Å²) < 4.78 is 11.5. The van der Waals surface area contributed by atoms with Crippen LogP contribution in [-0.2, 0) is 19.2 Å². The normalized spacial score (nSPS) is 12.0. The lowest BCUT2D eigenvalue weighted by Gasteiger charge is -2.31. The van der Waals surface area contributed by atoms with Gasteiger partial charge in [0, 0.05) is 6.42 Å². The van der Waals surface area contributed by atoms with Crippen LogP contribution in [0.3, 0.4) is 0 Å². The third kappa shape index (κ3) is 8.03. The van der Waals surface area contributed by atoms with Crippen molar-refractivity contribution in [1.29, 1.82) is 0 Å². The molecule has 0 saturated carbocycles. The first-order valence-corrected chi connectivity index (χ1v) is 7.24. The predicted octanol–water partition coefficient (Wildman–Crippen LogP) is 4.04. The highest BCUT2D eigenvalue weighted by Crippen LogP contribution is 2.24. The fourth-order valence-corrected chi connectivity index (χ4v) is 1.69. The molecule has 0 rings (SSSR count). The Morgan fingerprint density at radius 1 is 0.778 bits per heavy atom. The fourth-order valence-electron chi connectivity index (χ4n) is 1.69. The van der Waals surface area contributed by atoms with Crippen LogP contribution in [0.1, 0.15) is 65.7 Å². The number of unbranched alkanes of at least 4 members (excludes halogenated alkanes) is 3. The molecule has 0 aromatic rings. The van der Waals surface area contributed by atoms with Crippen LogP contribution in [0.5, 0.6) is 0 Å². The number of rotatable bonds is 13. The minimum absolute atomic E-state index is 0.612. The maximum absolute atomic E-state index is 5.73. The molecule has 0 saturated heterocycles. The van der Waals surface area contributed by atoms with E-state index in [-0.39, 0.29) is 0 Å². The van der Waals surface area contributed by atoms with Crippen molar-refractivity contribution in [3.63, 3.8) is 0 Å². The van der Waals surface area contributed by atoms with Crippen LogP contribution in [0.2, 0.25) is 0 Å². The smallest absolute Gasteiger partial charge is 0.312 e. The minimum Gasteiger partial charge on any atom is -0.326 e. The Balaban J connectivity index is 4.29. The van der Waals surface area contributed by atoms with Gasteiger partial charge in [-0.1, -0.05) is 40.0 Å². The second-order valence-electron chi connectivity index (χ2n) is 4.44. The maximum Gasteiger partial charge on any atom is 0.312 e. The molecule has 0 unspecified atom stereocenters. The van der Waals surface area contributed by atoms with Gasteiger partial charge < -0.3 is 9.47 Å². The molecule has 0 amide bonds. The SMILES string of the molecule is CCCCCCC(OCCC)(OCCC)OOC. The van der Waals surface area contributed by atoms with Gasteiger partial charge in [-0.3, -0.25) is 0 Å². The largest absolute Gasteiger partial charge is 0.326 e. The molecule has 0 aliphatic rings. The summed E-state index contributed by atoms with van der Waals surface area (Å²) in [5.41, 5.74) is 0. The fraction of sp³-hybridized carbons (Fsp3) is 1.00. The van der Waals surface area contributed by atoms with Gasteiger partial charge in [-0.25, -0.2) is 4.89 Å². The van der Waals surface area contributed by atoms with Crippen LogP contribution in [0.4, 0.5) is 0 Å². The Labute approximate surface area is 112 Å². The summed E-state index contributed by atoms with van der Waals surface area (Å²) in [5, 5.41) is 0. The molecule has 0 heterocycles. The first kappa shape index (κ1) is 17.8. The van der Waals surface area contributed by atoms with E-state index in [4.69, 9.17) is 19.2 Å². The molecule has 4 nitrogen and oxygen atoms in total. The molecule has 0 fully saturated rings. The molecule has 18 heavy (non-hydrogen) atoms. The molecule has 4 heteroatoms. The van der Waals surface area contributed by atoms with E-state index >= 15 is 0 Å². The highest BCUT2D eigenvalue weighted by molar-refractivity contribution is 4.58. The monoisotopic (exact) mass is 262 g/mol. The zero-order valence-electron chi connectivity index (χ0n) is 12.5. The van der Waals surface area contributed by atoms with Crippen molar-refractivity contribution >= 4 is 0 Å². The lowest BCUT2D eigenvalue weighted by atomic mass is 10.1. The average molecular weight is 262 g/mol. The Morgan fingerprint density at radius 3 is 1.83 bits per heavy atom. The molecular weight excluding hydrogens is 232 g/mol. The van der Waals surface area contributed by atoms with Crippen LogP contribution in [0.15, 0.2) is 0 Å². The summed E-state index contributed by atoms with van der Waals surface area (Å²) in [4.78, 5) is 10.1. The van der Waals surface area contributed by atoms with Gasteiger partial charge in [0.2, 0.25) is 0 Å². The lowest BCUT2D eigenvalue weighted by Crippen LogP contribution is -2.39. The van der Waals surface area contributed by atoms with E-state index in [0.29, 0.717) is 19.6 Å². The Bertz CT molecular complexity index is 165. The molecular formula is C14H30O4. The van der Waals surface area contributed by atoms with E-state index < -0.39 is 5.97 Å². The molecule has 0 aliphatic heterocycles. The van der Waals surface area contributed by atoms with Gasteiger partial charge >= 0.3 is 5.97 Å². The van der Waals surface area contributed by atoms with Crippen molar-refractivity contribution in [1.82, 2.24) is 0 Å². The van der Waals surface area contributed by atoms with Gasteiger partial charge in [-0.2, -0.15) is 4.89 Å². The van der Waals surface area contributed by atoms with Gasteiger partial charge in [0.05, 0.1) is 20.3 Å². The summed E-state index contributed by atoms with van der Waals surface area (Å²) in [6.07, 6.45) is 7.19. The third-order valence-electron chi connectivity index (χ3n) is 2.60. The van der Waals surface area contributed by atoms with Crippen molar-refractivity contribution in [2.45, 2.75) is 71.7 Å². The van der Waals surface area contributed by atoms with Gasteiger partial charge in [0.15, 0.2) is 0 Å². The number of ether oxygens (including phenoxy) is 2. The highest BCUT2D eigenvalue weighted by atomic mass is 17.3. The molecule has 0 atom stereocenters. The van der Waals surface area contributed by atoms with E-state index in [0.717, 1.165) is 25.7 Å². The third-order valence-corrected chi connectivity index (χ3v) is 2.60. The Hall–Kier alpha value is -0.160. The molecule has 0 aromatic heterocycles. The lowest BCUT2D eigenvalue weighted by molar-refractivity contribution is -0.501. The van der Waals surface area contributed by atoms with E-state index in [1.165, 1.54) is 20.0 Å². The minimum atomic E-state index is -1.02. The molecule has 110 valence electrons. The molecule has 0 spiro atoms. The number of hydrogen-bond donors (Lipinski definition) is 0.